The van der Waals surface area contributed by atoms with Crippen molar-refractivity contribution in [1.82, 2.24) is 9.80 Å². The summed E-state index contributed by atoms with van der Waals surface area (Å²) in [5.41, 5.74) is 2.41. The molecule has 6 nitrogen and oxygen atoms in total. The first-order valence-electron chi connectivity index (χ1n) is 9.40. The van der Waals surface area contributed by atoms with Crippen LogP contribution in [-0.4, -0.2) is 55.0 Å². The minimum atomic E-state index is -0.295. The van der Waals surface area contributed by atoms with E-state index in [2.05, 4.69) is 0 Å². The first-order valence-corrected chi connectivity index (χ1v) is 9.78. The maximum atomic E-state index is 13.3. The highest BCUT2D eigenvalue weighted by atomic mass is 35.5. The molecule has 0 atom stereocenters. The number of amides is 2. The lowest BCUT2D eigenvalue weighted by atomic mass is 10.0. The van der Waals surface area contributed by atoms with Crippen molar-refractivity contribution in [3.63, 3.8) is 0 Å². The monoisotopic (exact) mass is 412 g/mol. The Hall–Kier alpha value is -2.83. The number of morpholine rings is 1. The zero-order chi connectivity index (χ0) is 20.4. The van der Waals surface area contributed by atoms with E-state index in [9.17, 15) is 9.59 Å². The summed E-state index contributed by atoms with van der Waals surface area (Å²) in [5.74, 6) is 0.117. The molecule has 7 heteroatoms. The van der Waals surface area contributed by atoms with Crippen LogP contribution >= 0.6 is 11.6 Å². The summed E-state index contributed by atoms with van der Waals surface area (Å²) in [4.78, 5) is 29.9. The second kappa shape index (κ2) is 8.27. The van der Waals surface area contributed by atoms with Crippen LogP contribution in [0, 0.1) is 0 Å². The van der Waals surface area contributed by atoms with Crippen molar-refractivity contribution in [2.75, 3.05) is 33.4 Å². The van der Waals surface area contributed by atoms with Gasteiger partial charge in [0.05, 0.1) is 32.4 Å². The van der Waals surface area contributed by atoms with Gasteiger partial charge in [0.25, 0.3) is 11.8 Å². The summed E-state index contributed by atoms with van der Waals surface area (Å²) in [5, 5.41) is 0.610. The highest BCUT2D eigenvalue weighted by molar-refractivity contribution is 6.35. The highest BCUT2D eigenvalue weighted by Gasteiger charge is 2.41. The zero-order valence-corrected chi connectivity index (χ0v) is 16.8. The van der Waals surface area contributed by atoms with Crippen LogP contribution in [0.4, 0.5) is 0 Å². The number of carbonyl (C=O) groups is 2. The fraction of sp³-hybridized carbons (Fsp3) is 0.273. The number of hydrogen-bond acceptors (Lipinski definition) is 5. The topological polar surface area (TPSA) is 59.1 Å². The van der Waals surface area contributed by atoms with E-state index in [-0.39, 0.29) is 18.4 Å². The van der Waals surface area contributed by atoms with Gasteiger partial charge in [0, 0.05) is 18.1 Å². The molecule has 29 heavy (non-hydrogen) atoms. The van der Waals surface area contributed by atoms with Crippen LogP contribution in [0.3, 0.4) is 0 Å². The lowest BCUT2D eigenvalue weighted by Crippen LogP contribution is -2.40. The highest BCUT2D eigenvalue weighted by Crippen LogP contribution is 2.33. The van der Waals surface area contributed by atoms with E-state index in [4.69, 9.17) is 21.1 Å². The number of imide groups is 1. The number of methoxy groups -OCH3 is 1. The number of carbonyl (C=O) groups excluding carboxylic acids is 2. The summed E-state index contributed by atoms with van der Waals surface area (Å²) < 4.78 is 10.6. The Morgan fingerprint density at radius 3 is 2.24 bits per heavy atom. The minimum absolute atomic E-state index is 0.197. The molecule has 150 valence electrons. The normalized spacial score (nSPS) is 17.3. The van der Waals surface area contributed by atoms with Crippen molar-refractivity contribution in [2.24, 2.45) is 0 Å². The summed E-state index contributed by atoms with van der Waals surface area (Å²) in [7, 11) is 1.59. The van der Waals surface area contributed by atoms with Crippen LogP contribution in [0.15, 0.2) is 54.2 Å². The quantitative estimate of drug-likeness (QED) is 0.707. The largest absolute Gasteiger partial charge is 0.497 e. The van der Waals surface area contributed by atoms with E-state index in [0.717, 1.165) is 5.56 Å². The Labute approximate surface area is 174 Å². The zero-order valence-electron chi connectivity index (χ0n) is 16.1. The smallest absolute Gasteiger partial charge is 0.278 e. The van der Waals surface area contributed by atoms with E-state index in [1.165, 1.54) is 4.90 Å². The molecule has 2 aliphatic heterocycles. The molecule has 0 radical (unpaired) electrons. The molecular formula is C22H21ClN2O4. The fourth-order valence-corrected chi connectivity index (χ4v) is 3.70. The Morgan fingerprint density at radius 2 is 1.62 bits per heavy atom. The first kappa shape index (κ1) is 19.5. The van der Waals surface area contributed by atoms with Crippen molar-refractivity contribution in [3.05, 3.63) is 70.4 Å². The summed E-state index contributed by atoms with van der Waals surface area (Å²) in [6.07, 6.45) is 0. The molecule has 0 aliphatic carbocycles. The van der Waals surface area contributed by atoms with E-state index < -0.39 is 0 Å². The third kappa shape index (κ3) is 3.86. The van der Waals surface area contributed by atoms with Crippen LogP contribution in [0.1, 0.15) is 11.1 Å². The summed E-state index contributed by atoms with van der Waals surface area (Å²) in [6, 6.07) is 14.4. The van der Waals surface area contributed by atoms with Gasteiger partial charge in [0.15, 0.2) is 0 Å². The summed E-state index contributed by atoms with van der Waals surface area (Å²) >= 11 is 5.95. The molecule has 2 heterocycles. The van der Waals surface area contributed by atoms with Gasteiger partial charge in [-0.05, 0) is 35.4 Å². The molecular weight excluding hydrogens is 392 g/mol. The number of ether oxygens (including phenoxy) is 2. The Bertz CT molecular complexity index is 948. The van der Waals surface area contributed by atoms with E-state index in [0.29, 0.717) is 53.9 Å². The summed E-state index contributed by atoms with van der Waals surface area (Å²) in [6.45, 7) is 2.39. The maximum Gasteiger partial charge on any atom is 0.278 e. The maximum absolute atomic E-state index is 13.3. The van der Waals surface area contributed by atoms with Crippen LogP contribution < -0.4 is 4.74 Å². The first-order chi connectivity index (χ1) is 14.1. The van der Waals surface area contributed by atoms with E-state index in [1.807, 2.05) is 29.2 Å². The molecule has 1 saturated heterocycles. The van der Waals surface area contributed by atoms with Gasteiger partial charge in [-0.15, -0.1) is 0 Å². The van der Waals surface area contributed by atoms with Crippen LogP contribution in [-0.2, 0) is 20.9 Å². The van der Waals surface area contributed by atoms with Gasteiger partial charge in [-0.25, -0.2) is 0 Å². The van der Waals surface area contributed by atoms with Gasteiger partial charge in [-0.2, -0.15) is 0 Å². The van der Waals surface area contributed by atoms with Gasteiger partial charge in [-0.3, -0.25) is 14.5 Å². The van der Waals surface area contributed by atoms with Crippen molar-refractivity contribution >= 4 is 29.0 Å². The predicted molar refractivity (Wildman–Crippen MR) is 109 cm³/mol. The van der Waals surface area contributed by atoms with Gasteiger partial charge in [0.1, 0.15) is 11.4 Å². The van der Waals surface area contributed by atoms with Crippen LogP contribution in [0.5, 0.6) is 5.75 Å². The number of rotatable bonds is 5. The SMILES string of the molecule is COc1ccc(C2=C(N3CCOCC3)C(=O)N(Cc3ccc(Cl)cc3)C2=O)cc1. The molecule has 0 spiro atoms. The third-order valence-corrected chi connectivity index (χ3v) is 5.36. The number of benzene rings is 2. The van der Waals surface area contributed by atoms with Gasteiger partial charge in [0.2, 0.25) is 0 Å². The Kier molecular flexibility index (Phi) is 5.56. The number of halogens is 1. The van der Waals surface area contributed by atoms with Crippen molar-refractivity contribution in [1.29, 1.82) is 0 Å². The molecule has 4 rings (SSSR count). The standard InChI is InChI=1S/C22H21ClN2O4/c1-28-18-8-4-16(5-9-18)19-20(24-10-12-29-13-11-24)22(27)25(21(19)26)14-15-2-6-17(23)7-3-15/h2-9H,10-14H2,1H3. The van der Waals surface area contributed by atoms with Crippen molar-refractivity contribution in [3.8, 4) is 5.75 Å². The lowest BCUT2D eigenvalue weighted by molar-refractivity contribution is -0.138. The molecule has 0 aromatic heterocycles. The Balaban J connectivity index is 1.71. The number of hydrogen-bond donors (Lipinski definition) is 0. The van der Waals surface area contributed by atoms with Crippen LogP contribution in [0.25, 0.3) is 5.57 Å². The van der Waals surface area contributed by atoms with Gasteiger partial charge in [-0.1, -0.05) is 35.9 Å². The molecule has 0 unspecified atom stereocenters. The lowest BCUT2D eigenvalue weighted by Gasteiger charge is -2.29. The third-order valence-electron chi connectivity index (χ3n) is 5.10. The molecule has 2 aliphatic rings. The molecule has 0 bridgehead atoms. The fourth-order valence-electron chi connectivity index (χ4n) is 3.58. The van der Waals surface area contributed by atoms with E-state index >= 15 is 0 Å². The predicted octanol–water partition coefficient (Wildman–Crippen LogP) is 2.96. The molecule has 2 amide bonds. The second-order valence-electron chi connectivity index (χ2n) is 6.87. The molecule has 0 N–H and O–H groups in total. The minimum Gasteiger partial charge on any atom is -0.497 e. The van der Waals surface area contributed by atoms with Crippen molar-refractivity contribution < 1.29 is 19.1 Å². The van der Waals surface area contributed by atoms with Crippen molar-refractivity contribution in [2.45, 2.75) is 6.54 Å². The number of nitrogens with zero attached hydrogens (tertiary/aromatic N) is 2. The Morgan fingerprint density at radius 1 is 0.966 bits per heavy atom. The molecule has 2 aromatic carbocycles. The molecule has 1 fully saturated rings. The van der Waals surface area contributed by atoms with E-state index in [1.54, 1.807) is 31.4 Å². The molecule has 2 aromatic rings. The second-order valence-corrected chi connectivity index (χ2v) is 7.31. The molecule has 0 saturated carbocycles. The average molecular weight is 413 g/mol. The average Bonchev–Trinajstić information content (AvgIpc) is 3.00. The van der Waals surface area contributed by atoms with Gasteiger partial charge < -0.3 is 14.4 Å². The van der Waals surface area contributed by atoms with Crippen LogP contribution in [0.2, 0.25) is 5.02 Å². The van der Waals surface area contributed by atoms with Gasteiger partial charge >= 0.3 is 0 Å².